The SMILES string of the molecule is CCNC(CCN1CCOC(CC)C1)c1cccc(Cl)c1. The van der Waals surface area contributed by atoms with Crippen LogP contribution in [0.15, 0.2) is 24.3 Å². The molecule has 1 aromatic carbocycles. The van der Waals surface area contributed by atoms with Gasteiger partial charge in [0, 0.05) is 30.7 Å². The maximum atomic E-state index is 6.12. The summed E-state index contributed by atoms with van der Waals surface area (Å²) >= 11 is 6.12. The van der Waals surface area contributed by atoms with Crippen molar-refractivity contribution >= 4 is 11.6 Å². The molecule has 0 spiro atoms. The molecule has 2 rings (SSSR count). The summed E-state index contributed by atoms with van der Waals surface area (Å²) in [6.45, 7) is 9.39. The average molecular weight is 311 g/mol. The van der Waals surface area contributed by atoms with E-state index < -0.39 is 0 Å². The van der Waals surface area contributed by atoms with E-state index in [1.54, 1.807) is 0 Å². The first-order valence-electron chi connectivity index (χ1n) is 8.05. The van der Waals surface area contributed by atoms with Crippen molar-refractivity contribution in [2.45, 2.75) is 38.8 Å². The van der Waals surface area contributed by atoms with Crippen molar-refractivity contribution in [1.29, 1.82) is 0 Å². The Bertz CT molecular complexity index is 427. The molecule has 1 aliphatic rings. The lowest BCUT2D eigenvalue weighted by molar-refractivity contribution is -0.0305. The van der Waals surface area contributed by atoms with Crippen LogP contribution in [-0.4, -0.2) is 43.8 Å². The van der Waals surface area contributed by atoms with Crippen LogP contribution in [0.2, 0.25) is 5.02 Å². The molecule has 1 N–H and O–H groups in total. The van der Waals surface area contributed by atoms with Crippen molar-refractivity contribution in [3.8, 4) is 0 Å². The first-order valence-corrected chi connectivity index (χ1v) is 8.43. The number of rotatable bonds is 7. The van der Waals surface area contributed by atoms with Gasteiger partial charge in [-0.1, -0.05) is 37.6 Å². The predicted octanol–water partition coefficient (Wildman–Crippen LogP) is 3.49. The quantitative estimate of drug-likeness (QED) is 0.834. The fourth-order valence-corrected chi connectivity index (χ4v) is 3.10. The number of hydrogen-bond donors (Lipinski definition) is 1. The first-order chi connectivity index (χ1) is 10.2. The summed E-state index contributed by atoms with van der Waals surface area (Å²) in [5.74, 6) is 0. The van der Waals surface area contributed by atoms with Gasteiger partial charge in [-0.05, 0) is 37.1 Å². The monoisotopic (exact) mass is 310 g/mol. The van der Waals surface area contributed by atoms with E-state index in [2.05, 4.69) is 36.2 Å². The Hall–Kier alpha value is -0.610. The van der Waals surface area contributed by atoms with Crippen LogP contribution < -0.4 is 5.32 Å². The zero-order valence-electron chi connectivity index (χ0n) is 13.1. The molecule has 0 saturated carbocycles. The normalized spacial score (nSPS) is 21.4. The van der Waals surface area contributed by atoms with E-state index >= 15 is 0 Å². The second-order valence-electron chi connectivity index (χ2n) is 5.66. The molecular weight excluding hydrogens is 284 g/mol. The van der Waals surface area contributed by atoms with E-state index in [-0.39, 0.29) is 0 Å². The van der Waals surface area contributed by atoms with Gasteiger partial charge in [-0.15, -0.1) is 0 Å². The van der Waals surface area contributed by atoms with E-state index in [0.29, 0.717) is 12.1 Å². The van der Waals surface area contributed by atoms with E-state index in [1.807, 2.05) is 12.1 Å². The largest absolute Gasteiger partial charge is 0.376 e. The molecular formula is C17H27ClN2O. The molecule has 2 unspecified atom stereocenters. The van der Waals surface area contributed by atoms with Crippen molar-refractivity contribution in [1.82, 2.24) is 10.2 Å². The molecule has 0 bridgehead atoms. The molecule has 1 fully saturated rings. The fourth-order valence-electron chi connectivity index (χ4n) is 2.90. The van der Waals surface area contributed by atoms with Gasteiger partial charge in [0.15, 0.2) is 0 Å². The topological polar surface area (TPSA) is 24.5 Å². The van der Waals surface area contributed by atoms with Crippen LogP contribution >= 0.6 is 11.6 Å². The fraction of sp³-hybridized carbons (Fsp3) is 0.647. The van der Waals surface area contributed by atoms with E-state index in [0.717, 1.165) is 50.7 Å². The molecule has 4 heteroatoms. The van der Waals surface area contributed by atoms with Gasteiger partial charge in [0.05, 0.1) is 12.7 Å². The lowest BCUT2D eigenvalue weighted by atomic mass is 10.0. The molecule has 1 saturated heterocycles. The highest BCUT2D eigenvalue weighted by Crippen LogP contribution is 2.21. The minimum atomic E-state index is 0.372. The summed E-state index contributed by atoms with van der Waals surface area (Å²) in [5.41, 5.74) is 1.28. The molecule has 0 amide bonds. The number of ether oxygens (including phenoxy) is 1. The molecule has 21 heavy (non-hydrogen) atoms. The number of benzene rings is 1. The Kier molecular flexibility index (Phi) is 6.97. The lowest BCUT2D eigenvalue weighted by Crippen LogP contribution is -2.43. The summed E-state index contributed by atoms with van der Waals surface area (Å²) < 4.78 is 5.74. The molecule has 0 radical (unpaired) electrons. The number of halogens is 1. The number of hydrogen-bond acceptors (Lipinski definition) is 3. The van der Waals surface area contributed by atoms with Gasteiger partial charge in [-0.25, -0.2) is 0 Å². The van der Waals surface area contributed by atoms with Crippen molar-refractivity contribution in [3.63, 3.8) is 0 Å². The Morgan fingerprint density at radius 1 is 1.43 bits per heavy atom. The molecule has 2 atom stereocenters. The minimum Gasteiger partial charge on any atom is -0.376 e. The molecule has 118 valence electrons. The van der Waals surface area contributed by atoms with Gasteiger partial charge < -0.3 is 10.1 Å². The third kappa shape index (κ3) is 5.26. The molecule has 1 aliphatic heterocycles. The third-order valence-electron chi connectivity index (χ3n) is 4.11. The van der Waals surface area contributed by atoms with E-state index in [9.17, 15) is 0 Å². The lowest BCUT2D eigenvalue weighted by Gasteiger charge is -2.33. The highest BCUT2D eigenvalue weighted by atomic mass is 35.5. The van der Waals surface area contributed by atoms with Crippen LogP contribution in [0.3, 0.4) is 0 Å². The van der Waals surface area contributed by atoms with Crippen molar-refractivity contribution in [2.75, 3.05) is 32.8 Å². The van der Waals surface area contributed by atoms with Crippen LogP contribution in [0.4, 0.5) is 0 Å². The number of morpholine rings is 1. The van der Waals surface area contributed by atoms with Crippen molar-refractivity contribution in [2.24, 2.45) is 0 Å². The van der Waals surface area contributed by atoms with Gasteiger partial charge in [-0.3, -0.25) is 4.90 Å². The Labute approximate surface area is 133 Å². The van der Waals surface area contributed by atoms with Gasteiger partial charge in [-0.2, -0.15) is 0 Å². The van der Waals surface area contributed by atoms with Crippen LogP contribution in [0.5, 0.6) is 0 Å². The zero-order chi connectivity index (χ0) is 15.1. The maximum Gasteiger partial charge on any atom is 0.0700 e. The van der Waals surface area contributed by atoms with Gasteiger partial charge in [0.1, 0.15) is 0 Å². The minimum absolute atomic E-state index is 0.372. The van der Waals surface area contributed by atoms with Gasteiger partial charge in [0.25, 0.3) is 0 Å². The van der Waals surface area contributed by atoms with Crippen LogP contribution in [-0.2, 0) is 4.74 Å². The molecule has 3 nitrogen and oxygen atoms in total. The van der Waals surface area contributed by atoms with E-state index in [1.165, 1.54) is 5.56 Å². The second kappa shape index (κ2) is 8.74. The third-order valence-corrected chi connectivity index (χ3v) is 4.35. The predicted molar refractivity (Wildman–Crippen MR) is 89.0 cm³/mol. The number of nitrogens with zero attached hydrogens (tertiary/aromatic N) is 1. The van der Waals surface area contributed by atoms with Gasteiger partial charge >= 0.3 is 0 Å². The van der Waals surface area contributed by atoms with E-state index in [4.69, 9.17) is 16.3 Å². The van der Waals surface area contributed by atoms with Crippen LogP contribution in [0.1, 0.15) is 38.3 Å². The second-order valence-corrected chi connectivity index (χ2v) is 6.09. The molecule has 1 aromatic rings. The average Bonchev–Trinajstić information content (AvgIpc) is 2.51. The van der Waals surface area contributed by atoms with Crippen molar-refractivity contribution < 1.29 is 4.74 Å². The molecule has 1 heterocycles. The summed E-state index contributed by atoms with van der Waals surface area (Å²) in [7, 11) is 0. The smallest absolute Gasteiger partial charge is 0.0700 e. The Morgan fingerprint density at radius 2 is 2.29 bits per heavy atom. The highest BCUT2D eigenvalue weighted by molar-refractivity contribution is 6.30. The number of nitrogens with one attached hydrogen (secondary N) is 1. The summed E-state index contributed by atoms with van der Waals surface area (Å²) in [4.78, 5) is 2.52. The zero-order valence-corrected chi connectivity index (χ0v) is 13.9. The summed E-state index contributed by atoms with van der Waals surface area (Å²) in [6, 6.07) is 8.57. The van der Waals surface area contributed by atoms with Crippen LogP contribution in [0, 0.1) is 0 Å². The highest BCUT2D eigenvalue weighted by Gasteiger charge is 2.20. The Balaban J connectivity index is 1.91. The molecule has 0 aromatic heterocycles. The summed E-state index contributed by atoms with van der Waals surface area (Å²) in [5, 5.41) is 4.39. The Morgan fingerprint density at radius 3 is 3.00 bits per heavy atom. The maximum absolute atomic E-state index is 6.12. The van der Waals surface area contributed by atoms with Crippen LogP contribution in [0.25, 0.3) is 0 Å². The summed E-state index contributed by atoms with van der Waals surface area (Å²) in [6.07, 6.45) is 2.61. The van der Waals surface area contributed by atoms with Gasteiger partial charge in [0.2, 0.25) is 0 Å². The van der Waals surface area contributed by atoms with Crippen molar-refractivity contribution in [3.05, 3.63) is 34.9 Å². The molecule has 0 aliphatic carbocycles. The standard InChI is InChI=1S/C17H27ClN2O/c1-3-16-13-20(10-11-21-16)9-8-17(19-4-2)14-6-5-7-15(18)12-14/h5-7,12,16-17,19H,3-4,8-11,13H2,1-2H3. The first kappa shape index (κ1) is 16.8.